The number of hydrogen-bond acceptors (Lipinski definition) is 4. The summed E-state index contributed by atoms with van der Waals surface area (Å²) in [6.07, 6.45) is 0.441. The number of halogens is 1. The molecule has 33 heavy (non-hydrogen) atoms. The van der Waals surface area contributed by atoms with Crippen LogP contribution in [-0.4, -0.2) is 36.9 Å². The van der Waals surface area contributed by atoms with Gasteiger partial charge in [-0.05, 0) is 60.9 Å². The minimum atomic E-state index is -0.350. The quantitative estimate of drug-likeness (QED) is 0.473. The van der Waals surface area contributed by atoms with Gasteiger partial charge in [-0.3, -0.25) is 14.5 Å². The number of anilines is 1. The van der Waals surface area contributed by atoms with Crippen molar-refractivity contribution in [2.75, 3.05) is 25.1 Å². The molecule has 0 N–H and O–H groups in total. The number of rotatable bonds is 8. The molecular formula is C27H25FN2O3. The van der Waals surface area contributed by atoms with E-state index in [1.54, 1.807) is 48.3 Å². The number of hydrogen-bond donors (Lipinski definition) is 0. The van der Waals surface area contributed by atoms with Crippen molar-refractivity contribution in [1.29, 1.82) is 0 Å². The molecule has 0 spiro atoms. The molecule has 168 valence electrons. The first-order valence-corrected chi connectivity index (χ1v) is 10.9. The second-order valence-electron chi connectivity index (χ2n) is 7.71. The zero-order valence-corrected chi connectivity index (χ0v) is 18.6. The van der Waals surface area contributed by atoms with E-state index in [0.717, 1.165) is 11.3 Å². The maximum atomic E-state index is 13.5. The Bertz CT molecular complexity index is 1170. The van der Waals surface area contributed by atoms with Crippen LogP contribution in [0.5, 0.6) is 5.75 Å². The smallest absolute Gasteiger partial charge is 0.278 e. The molecule has 0 radical (unpaired) electrons. The first-order valence-electron chi connectivity index (χ1n) is 10.9. The zero-order chi connectivity index (χ0) is 23.4. The highest BCUT2D eigenvalue weighted by Crippen LogP contribution is 2.34. The Morgan fingerprint density at radius 2 is 1.55 bits per heavy atom. The van der Waals surface area contributed by atoms with E-state index < -0.39 is 0 Å². The fourth-order valence-electron chi connectivity index (χ4n) is 3.89. The molecule has 1 heterocycles. The third-order valence-electron chi connectivity index (χ3n) is 5.61. The summed E-state index contributed by atoms with van der Waals surface area (Å²) in [7, 11) is 1.79. The molecule has 0 aromatic heterocycles. The van der Waals surface area contributed by atoms with E-state index in [2.05, 4.69) is 0 Å². The van der Waals surface area contributed by atoms with Gasteiger partial charge in [0.1, 0.15) is 17.3 Å². The van der Waals surface area contributed by atoms with Crippen molar-refractivity contribution in [1.82, 2.24) is 4.90 Å². The highest BCUT2D eigenvalue weighted by atomic mass is 19.1. The van der Waals surface area contributed by atoms with E-state index in [9.17, 15) is 14.0 Å². The molecule has 0 unspecified atom stereocenters. The van der Waals surface area contributed by atoms with Crippen LogP contribution in [0.1, 0.15) is 18.1 Å². The highest BCUT2D eigenvalue weighted by molar-refractivity contribution is 6.36. The van der Waals surface area contributed by atoms with E-state index in [1.165, 1.54) is 17.0 Å². The number of amides is 2. The maximum absolute atomic E-state index is 13.5. The minimum Gasteiger partial charge on any atom is -0.494 e. The number of ether oxygens (including phenoxy) is 1. The van der Waals surface area contributed by atoms with Crippen LogP contribution in [0.25, 0.3) is 5.57 Å². The summed E-state index contributed by atoms with van der Waals surface area (Å²) in [5.41, 5.74) is 2.99. The van der Waals surface area contributed by atoms with Gasteiger partial charge in [-0.2, -0.15) is 0 Å². The summed E-state index contributed by atoms with van der Waals surface area (Å²) in [5.74, 6) is -0.315. The SMILES string of the molecule is CCOc1ccc(C2=C(N(C)c3ccccc3)C(=O)N(CCc3ccc(F)cc3)C2=O)cc1. The summed E-state index contributed by atoms with van der Waals surface area (Å²) >= 11 is 0. The van der Waals surface area contributed by atoms with Gasteiger partial charge in [0, 0.05) is 19.3 Å². The molecule has 5 nitrogen and oxygen atoms in total. The maximum Gasteiger partial charge on any atom is 0.278 e. The molecular weight excluding hydrogens is 419 g/mol. The molecule has 0 saturated heterocycles. The first-order chi connectivity index (χ1) is 16.0. The normalized spacial score (nSPS) is 13.6. The predicted octanol–water partition coefficient (Wildman–Crippen LogP) is 4.68. The van der Waals surface area contributed by atoms with Gasteiger partial charge in [0.05, 0.1) is 12.2 Å². The second-order valence-corrected chi connectivity index (χ2v) is 7.71. The van der Waals surface area contributed by atoms with Crippen molar-refractivity contribution in [3.05, 3.63) is 102 Å². The summed E-state index contributed by atoms with van der Waals surface area (Å²) in [4.78, 5) is 30.0. The van der Waals surface area contributed by atoms with Crippen LogP contribution in [0.2, 0.25) is 0 Å². The Balaban J connectivity index is 1.68. The Hall–Kier alpha value is -3.93. The molecule has 1 aliphatic rings. The van der Waals surface area contributed by atoms with Crippen LogP contribution in [0.4, 0.5) is 10.1 Å². The number of nitrogens with zero attached hydrogens (tertiary/aromatic N) is 2. The average Bonchev–Trinajstić information content (AvgIpc) is 3.09. The topological polar surface area (TPSA) is 49.9 Å². The summed E-state index contributed by atoms with van der Waals surface area (Å²) in [5, 5.41) is 0. The van der Waals surface area contributed by atoms with E-state index in [4.69, 9.17) is 4.74 Å². The van der Waals surface area contributed by atoms with Crippen LogP contribution in [0.15, 0.2) is 84.6 Å². The van der Waals surface area contributed by atoms with Gasteiger partial charge in [-0.1, -0.05) is 42.5 Å². The molecule has 0 saturated carbocycles. The summed E-state index contributed by atoms with van der Waals surface area (Å²) in [6, 6.07) is 22.7. The molecule has 2 amide bonds. The van der Waals surface area contributed by atoms with Crippen molar-refractivity contribution >= 4 is 23.1 Å². The lowest BCUT2D eigenvalue weighted by Crippen LogP contribution is -2.35. The van der Waals surface area contributed by atoms with Crippen molar-refractivity contribution in [3.63, 3.8) is 0 Å². The first kappa shape index (κ1) is 22.3. The van der Waals surface area contributed by atoms with E-state index in [0.29, 0.717) is 35.6 Å². The van der Waals surface area contributed by atoms with E-state index in [-0.39, 0.29) is 24.2 Å². The number of imide groups is 1. The Labute approximate surface area is 192 Å². The fourth-order valence-corrected chi connectivity index (χ4v) is 3.89. The highest BCUT2D eigenvalue weighted by Gasteiger charge is 2.40. The standard InChI is InChI=1S/C27H25FN2O3/c1-3-33-23-15-11-20(12-16-23)24-25(29(2)22-7-5-4-6-8-22)27(32)30(26(24)31)18-17-19-9-13-21(28)14-10-19/h4-16H,3,17-18H2,1-2H3. The molecule has 0 atom stereocenters. The third-order valence-corrected chi connectivity index (χ3v) is 5.61. The summed E-state index contributed by atoms with van der Waals surface area (Å²) < 4.78 is 18.7. The summed E-state index contributed by atoms with van der Waals surface area (Å²) in [6.45, 7) is 2.65. The van der Waals surface area contributed by atoms with Gasteiger partial charge in [-0.15, -0.1) is 0 Å². The Kier molecular flexibility index (Phi) is 6.54. The minimum absolute atomic E-state index is 0.204. The molecule has 0 fully saturated rings. The van der Waals surface area contributed by atoms with Gasteiger partial charge >= 0.3 is 0 Å². The Morgan fingerprint density at radius 3 is 2.18 bits per heavy atom. The number of likely N-dealkylation sites (N-methyl/N-ethyl adjacent to an activating group) is 1. The number of para-hydroxylation sites is 1. The van der Waals surface area contributed by atoms with Gasteiger partial charge in [0.25, 0.3) is 11.8 Å². The number of carbonyl (C=O) groups is 2. The van der Waals surface area contributed by atoms with Crippen LogP contribution in [-0.2, 0) is 16.0 Å². The van der Waals surface area contributed by atoms with Gasteiger partial charge < -0.3 is 9.64 Å². The Morgan fingerprint density at radius 1 is 0.879 bits per heavy atom. The van der Waals surface area contributed by atoms with E-state index >= 15 is 0 Å². The van der Waals surface area contributed by atoms with Crippen molar-refractivity contribution < 1.29 is 18.7 Å². The molecule has 0 aliphatic carbocycles. The van der Waals surface area contributed by atoms with Gasteiger partial charge in [0.2, 0.25) is 0 Å². The van der Waals surface area contributed by atoms with E-state index in [1.807, 2.05) is 37.3 Å². The van der Waals surface area contributed by atoms with Crippen LogP contribution in [0, 0.1) is 5.82 Å². The lowest BCUT2D eigenvalue weighted by molar-refractivity contribution is -0.136. The lowest BCUT2D eigenvalue weighted by atomic mass is 10.0. The fraction of sp³-hybridized carbons (Fsp3) is 0.185. The third kappa shape index (κ3) is 4.65. The second kappa shape index (κ2) is 9.69. The molecule has 1 aliphatic heterocycles. The van der Waals surface area contributed by atoms with Gasteiger partial charge in [0.15, 0.2) is 0 Å². The predicted molar refractivity (Wildman–Crippen MR) is 126 cm³/mol. The number of carbonyl (C=O) groups excluding carboxylic acids is 2. The van der Waals surface area contributed by atoms with Crippen LogP contribution >= 0.6 is 0 Å². The zero-order valence-electron chi connectivity index (χ0n) is 18.6. The van der Waals surface area contributed by atoms with Crippen molar-refractivity contribution in [2.45, 2.75) is 13.3 Å². The van der Waals surface area contributed by atoms with Crippen LogP contribution in [0.3, 0.4) is 0 Å². The van der Waals surface area contributed by atoms with Crippen molar-refractivity contribution in [3.8, 4) is 5.75 Å². The largest absolute Gasteiger partial charge is 0.494 e. The molecule has 3 aromatic carbocycles. The molecule has 4 rings (SSSR count). The van der Waals surface area contributed by atoms with Crippen LogP contribution < -0.4 is 9.64 Å². The molecule has 6 heteroatoms. The molecule has 3 aromatic rings. The molecule has 0 bridgehead atoms. The number of benzene rings is 3. The monoisotopic (exact) mass is 444 g/mol. The van der Waals surface area contributed by atoms with Crippen molar-refractivity contribution in [2.24, 2.45) is 0 Å². The lowest BCUT2D eigenvalue weighted by Gasteiger charge is -2.21. The van der Waals surface area contributed by atoms with Gasteiger partial charge in [-0.25, -0.2) is 4.39 Å². The average molecular weight is 445 g/mol.